The number of fused-ring (bicyclic) bond motifs is 1. The van der Waals surface area contributed by atoms with E-state index in [-0.39, 0.29) is 17.5 Å². The maximum absolute atomic E-state index is 13.2. The summed E-state index contributed by atoms with van der Waals surface area (Å²) in [6.45, 7) is 3.85. The summed E-state index contributed by atoms with van der Waals surface area (Å²) in [7, 11) is 1.69. The molecule has 1 aliphatic rings. The molecule has 3 aromatic rings. The van der Waals surface area contributed by atoms with Crippen molar-refractivity contribution in [2.45, 2.75) is 32.6 Å². The minimum Gasteiger partial charge on any atom is -0.497 e. The summed E-state index contributed by atoms with van der Waals surface area (Å²) in [6.07, 6.45) is 3.66. The SMILES string of the molecule is CCCc1[nH]c2ccc(OC)cc2c1N1CCC(C(=O)c2ccc(F)cc2)CC1. The Morgan fingerprint density at radius 2 is 1.90 bits per heavy atom. The fourth-order valence-corrected chi connectivity index (χ4v) is 4.35. The summed E-state index contributed by atoms with van der Waals surface area (Å²) in [5.74, 6) is 0.655. The Morgan fingerprint density at radius 3 is 2.55 bits per heavy atom. The number of ether oxygens (including phenoxy) is 1. The summed E-state index contributed by atoms with van der Waals surface area (Å²) >= 11 is 0. The van der Waals surface area contributed by atoms with E-state index in [2.05, 4.69) is 28.9 Å². The van der Waals surface area contributed by atoms with Crippen molar-refractivity contribution in [3.63, 3.8) is 0 Å². The van der Waals surface area contributed by atoms with Gasteiger partial charge in [-0.3, -0.25) is 4.79 Å². The molecule has 4 rings (SSSR count). The molecule has 152 valence electrons. The van der Waals surface area contributed by atoms with Crippen LogP contribution in [0.25, 0.3) is 10.9 Å². The van der Waals surface area contributed by atoms with Crippen LogP contribution in [0.2, 0.25) is 0 Å². The quantitative estimate of drug-likeness (QED) is 0.572. The van der Waals surface area contributed by atoms with Gasteiger partial charge in [0.15, 0.2) is 5.78 Å². The van der Waals surface area contributed by atoms with Gasteiger partial charge in [-0.1, -0.05) is 13.3 Å². The van der Waals surface area contributed by atoms with Crippen molar-refractivity contribution >= 4 is 22.4 Å². The van der Waals surface area contributed by atoms with Crippen LogP contribution in [0.5, 0.6) is 5.75 Å². The van der Waals surface area contributed by atoms with Crippen molar-refractivity contribution in [2.24, 2.45) is 5.92 Å². The van der Waals surface area contributed by atoms with E-state index in [4.69, 9.17) is 4.74 Å². The highest BCUT2D eigenvalue weighted by Crippen LogP contribution is 2.37. The molecule has 0 unspecified atom stereocenters. The first-order chi connectivity index (χ1) is 14.1. The lowest BCUT2D eigenvalue weighted by Crippen LogP contribution is -2.36. The van der Waals surface area contributed by atoms with Gasteiger partial charge in [0, 0.05) is 41.2 Å². The predicted molar refractivity (Wildman–Crippen MR) is 115 cm³/mol. The number of ketones is 1. The van der Waals surface area contributed by atoms with E-state index in [0.717, 1.165) is 50.0 Å². The Bertz CT molecular complexity index is 1000. The lowest BCUT2D eigenvalue weighted by molar-refractivity contribution is 0.0900. The summed E-state index contributed by atoms with van der Waals surface area (Å²) in [4.78, 5) is 18.8. The monoisotopic (exact) mass is 394 g/mol. The molecule has 4 nitrogen and oxygen atoms in total. The number of H-pyrrole nitrogens is 1. The van der Waals surface area contributed by atoms with Crippen LogP contribution in [-0.4, -0.2) is 31.0 Å². The second kappa shape index (κ2) is 8.27. The molecule has 1 aliphatic heterocycles. The molecule has 0 saturated carbocycles. The van der Waals surface area contributed by atoms with E-state index < -0.39 is 0 Å². The Balaban J connectivity index is 1.56. The number of halogens is 1. The number of aromatic nitrogens is 1. The maximum Gasteiger partial charge on any atom is 0.166 e. The molecule has 2 heterocycles. The summed E-state index contributed by atoms with van der Waals surface area (Å²) in [5.41, 5.74) is 4.22. The van der Waals surface area contributed by atoms with Crippen LogP contribution in [0.4, 0.5) is 10.1 Å². The van der Waals surface area contributed by atoms with Crippen molar-refractivity contribution < 1.29 is 13.9 Å². The van der Waals surface area contributed by atoms with Gasteiger partial charge in [-0.25, -0.2) is 4.39 Å². The molecular weight excluding hydrogens is 367 g/mol. The average Bonchev–Trinajstić information content (AvgIpc) is 3.11. The van der Waals surface area contributed by atoms with Gasteiger partial charge in [0.05, 0.1) is 12.8 Å². The summed E-state index contributed by atoms with van der Waals surface area (Å²) < 4.78 is 18.6. The van der Waals surface area contributed by atoms with Crippen LogP contribution >= 0.6 is 0 Å². The first-order valence-corrected chi connectivity index (χ1v) is 10.3. The van der Waals surface area contributed by atoms with Gasteiger partial charge in [0.2, 0.25) is 0 Å². The normalized spacial score (nSPS) is 15.1. The number of hydrogen-bond acceptors (Lipinski definition) is 3. The lowest BCUT2D eigenvalue weighted by Gasteiger charge is -2.33. The molecule has 0 bridgehead atoms. The minimum atomic E-state index is -0.311. The topological polar surface area (TPSA) is 45.3 Å². The molecular formula is C24H27FN2O2. The number of methoxy groups -OCH3 is 1. The Hall–Kier alpha value is -2.82. The van der Waals surface area contributed by atoms with Crippen LogP contribution in [0.15, 0.2) is 42.5 Å². The van der Waals surface area contributed by atoms with Crippen molar-refractivity contribution in [1.29, 1.82) is 0 Å². The number of hydrogen-bond donors (Lipinski definition) is 1. The number of anilines is 1. The number of nitrogens with one attached hydrogen (secondary N) is 1. The molecule has 5 heteroatoms. The van der Waals surface area contributed by atoms with E-state index in [1.54, 1.807) is 19.2 Å². The number of carbonyl (C=O) groups is 1. The van der Waals surface area contributed by atoms with Crippen LogP contribution < -0.4 is 9.64 Å². The highest BCUT2D eigenvalue weighted by atomic mass is 19.1. The third-order valence-electron chi connectivity index (χ3n) is 5.86. The largest absolute Gasteiger partial charge is 0.497 e. The number of benzene rings is 2. The fourth-order valence-electron chi connectivity index (χ4n) is 4.35. The van der Waals surface area contributed by atoms with Crippen molar-refractivity contribution in [3.05, 3.63) is 59.5 Å². The smallest absolute Gasteiger partial charge is 0.166 e. The number of carbonyl (C=O) groups excluding carboxylic acids is 1. The zero-order valence-electron chi connectivity index (χ0n) is 17.0. The Kier molecular flexibility index (Phi) is 5.56. The van der Waals surface area contributed by atoms with Gasteiger partial charge in [-0.15, -0.1) is 0 Å². The molecule has 29 heavy (non-hydrogen) atoms. The number of piperidine rings is 1. The maximum atomic E-state index is 13.2. The Labute approximate surface area is 170 Å². The van der Waals surface area contributed by atoms with Crippen LogP contribution in [0.3, 0.4) is 0 Å². The molecule has 1 aromatic heterocycles. The van der Waals surface area contributed by atoms with E-state index in [1.165, 1.54) is 28.9 Å². The molecule has 0 atom stereocenters. The summed E-state index contributed by atoms with van der Waals surface area (Å²) in [5, 5.41) is 1.18. The number of nitrogens with zero attached hydrogens (tertiary/aromatic N) is 1. The van der Waals surface area contributed by atoms with Crippen LogP contribution in [0, 0.1) is 11.7 Å². The van der Waals surface area contributed by atoms with Gasteiger partial charge in [0.25, 0.3) is 0 Å². The first-order valence-electron chi connectivity index (χ1n) is 10.3. The van der Waals surface area contributed by atoms with Gasteiger partial charge in [-0.2, -0.15) is 0 Å². The molecule has 2 aromatic carbocycles. The number of aryl methyl sites for hydroxylation is 1. The second-order valence-corrected chi connectivity index (χ2v) is 7.75. The highest BCUT2D eigenvalue weighted by molar-refractivity contribution is 5.98. The Morgan fingerprint density at radius 1 is 1.17 bits per heavy atom. The minimum absolute atomic E-state index is 0.00826. The predicted octanol–water partition coefficient (Wildman–Crippen LogP) is 5.37. The molecule has 0 spiro atoms. The van der Waals surface area contributed by atoms with Crippen LogP contribution in [-0.2, 0) is 6.42 Å². The number of rotatable bonds is 6. The van der Waals surface area contributed by atoms with Gasteiger partial charge in [0.1, 0.15) is 11.6 Å². The van der Waals surface area contributed by atoms with Crippen LogP contribution in [0.1, 0.15) is 42.2 Å². The molecule has 1 saturated heterocycles. The molecule has 0 aliphatic carbocycles. The number of aromatic amines is 1. The third-order valence-corrected chi connectivity index (χ3v) is 5.86. The zero-order valence-corrected chi connectivity index (χ0v) is 17.0. The van der Waals surface area contributed by atoms with Gasteiger partial charge < -0.3 is 14.6 Å². The average molecular weight is 394 g/mol. The van der Waals surface area contributed by atoms with Gasteiger partial charge >= 0.3 is 0 Å². The van der Waals surface area contributed by atoms with Crippen molar-refractivity contribution in [2.75, 3.05) is 25.1 Å². The highest BCUT2D eigenvalue weighted by Gasteiger charge is 2.28. The fraction of sp³-hybridized carbons (Fsp3) is 0.375. The standard InChI is InChI=1S/C24H27FN2O2/c1-3-4-22-23(20-15-19(29-2)9-10-21(20)26-22)27-13-11-17(12-14-27)24(28)16-5-7-18(25)8-6-16/h5-10,15,17,26H,3-4,11-14H2,1-2H3. The zero-order chi connectivity index (χ0) is 20.4. The van der Waals surface area contributed by atoms with Crippen molar-refractivity contribution in [1.82, 2.24) is 4.98 Å². The van der Waals surface area contributed by atoms with E-state index in [0.29, 0.717) is 5.56 Å². The second-order valence-electron chi connectivity index (χ2n) is 7.75. The summed E-state index contributed by atoms with van der Waals surface area (Å²) in [6, 6.07) is 12.0. The molecule has 1 N–H and O–H groups in total. The van der Waals surface area contributed by atoms with Crippen molar-refractivity contribution in [3.8, 4) is 5.75 Å². The van der Waals surface area contributed by atoms with Gasteiger partial charge in [-0.05, 0) is 61.7 Å². The lowest BCUT2D eigenvalue weighted by atomic mass is 9.88. The van der Waals surface area contributed by atoms with E-state index in [9.17, 15) is 9.18 Å². The number of Topliss-reactive ketones (excluding diaryl/α,β-unsaturated/α-hetero) is 1. The van der Waals surface area contributed by atoms with E-state index >= 15 is 0 Å². The molecule has 1 fully saturated rings. The first kappa shape index (κ1) is 19.5. The van der Waals surface area contributed by atoms with E-state index in [1.807, 2.05) is 6.07 Å². The third kappa shape index (κ3) is 3.86. The molecule has 0 amide bonds. The molecule has 0 radical (unpaired) electrons.